The molecule has 0 unspecified atom stereocenters. The molecule has 0 saturated carbocycles. The number of hydrogen-bond donors (Lipinski definition) is 2. The molecule has 5 rings (SSSR count). The van der Waals surface area contributed by atoms with Gasteiger partial charge in [-0.3, -0.25) is 14.4 Å². The van der Waals surface area contributed by atoms with E-state index in [1.54, 1.807) is 6.07 Å². The quantitative estimate of drug-likeness (QED) is 0.590. The highest BCUT2D eigenvalue weighted by atomic mass is 32.1. The van der Waals surface area contributed by atoms with Gasteiger partial charge in [0.2, 0.25) is 0 Å². The third kappa shape index (κ3) is 4.09. The summed E-state index contributed by atoms with van der Waals surface area (Å²) < 4.78 is 11.5. The number of carbonyl (C=O) groups excluding carboxylic acids is 2. The third-order valence-corrected chi connectivity index (χ3v) is 7.74. The first-order valence-corrected chi connectivity index (χ1v) is 12.1. The van der Waals surface area contributed by atoms with Crippen LogP contribution in [0.25, 0.3) is 11.0 Å². The second-order valence-electron chi connectivity index (χ2n) is 8.72. The maximum atomic E-state index is 13.1. The molecule has 2 amide bonds. The fraction of sp³-hybridized carbons (Fsp3) is 0.400. The monoisotopic (exact) mass is 466 g/mol. The Morgan fingerprint density at radius 2 is 2.00 bits per heavy atom. The maximum absolute atomic E-state index is 13.1. The predicted molar refractivity (Wildman–Crippen MR) is 128 cm³/mol. The van der Waals surface area contributed by atoms with Crippen molar-refractivity contribution >= 4 is 39.1 Å². The smallest absolute Gasteiger partial charge is 0.292 e. The van der Waals surface area contributed by atoms with E-state index in [9.17, 15) is 14.4 Å². The summed E-state index contributed by atoms with van der Waals surface area (Å²) in [5.41, 5.74) is 3.47. The van der Waals surface area contributed by atoms with Gasteiger partial charge in [0.1, 0.15) is 10.6 Å². The number of hydrogen-bond acceptors (Lipinski definition) is 6. The molecular formula is C25H26N2O5S. The fourth-order valence-electron chi connectivity index (χ4n) is 4.56. The standard InChI is InChI=1S/C25H26N2O5S/c1-13-8-9-16-18(28)11-19(32-22(16)14(13)2)23(29)27-25-21(17-6-3-7-20(17)33-25)24(30)26-12-15-5-4-10-31-15/h8-9,11,15H,3-7,10,12H2,1-2H3,(H,26,30)(H,27,29)/t15-/m1/s1. The molecule has 1 aliphatic carbocycles. The minimum atomic E-state index is -0.539. The van der Waals surface area contributed by atoms with E-state index in [0.29, 0.717) is 28.1 Å². The number of aryl methyl sites for hydroxylation is 3. The summed E-state index contributed by atoms with van der Waals surface area (Å²) in [5, 5.41) is 6.76. The van der Waals surface area contributed by atoms with E-state index in [-0.39, 0.29) is 23.2 Å². The average molecular weight is 467 g/mol. The molecule has 33 heavy (non-hydrogen) atoms. The molecule has 1 aliphatic heterocycles. The molecule has 3 heterocycles. The number of thiophene rings is 1. The first kappa shape index (κ1) is 21.9. The van der Waals surface area contributed by atoms with Crippen LogP contribution < -0.4 is 16.1 Å². The van der Waals surface area contributed by atoms with E-state index in [1.807, 2.05) is 19.9 Å². The highest BCUT2D eigenvalue weighted by Gasteiger charge is 2.29. The molecule has 3 aromatic rings. The molecular weight excluding hydrogens is 440 g/mol. The van der Waals surface area contributed by atoms with E-state index in [1.165, 1.54) is 17.4 Å². The Hall–Kier alpha value is -2.97. The van der Waals surface area contributed by atoms with Crippen LogP contribution in [0.3, 0.4) is 0 Å². The van der Waals surface area contributed by atoms with Gasteiger partial charge in [-0.25, -0.2) is 0 Å². The van der Waals surface area contributed by atoms with Crippen LogP contribution in [0, 0.1) is 13.8 Å². The number of amides is 2. The second kappa shape index (κ2) is 8.76. The molecule has 0 spiro atoms. The molecule has 2 aromatic heterocycles. The van der Waals surface area contributed by atoms with Gasteiger partial charge < -0.3 is 19.8 Å². The summed E-state index contributed by atoms with van der Waals surface area (Å²) in [6, 6.07) is 4.79. The van der Waals surface area contributed by atoms with E-state index in [4.69, 9.17) is 9.15 Å². The number of anilines is 1. The molecule has 1 saturated heterocycles. The lowest BCUT2D eigenvalue weighted by atomic mass is 10.1. The Morgan fingerprint density at radius 1 is 1.15 bits per heavy atom. The Bertz CT molecular complexity index is 1320. The molecule has 7 nitrogen and oxygen atoms in total. The summed E-state index contributed by atoms with van der Waals surface area (Å²) in [6.45, 7) is 4.97. The summed E-state index contributed by atoms with van der Waals surface area (Å²) >= 11 is 1.43. The highest BCUT2D eigenvalue weighted by Crippen LogP contribution is 2.39. The minimum Gasteiger partial charge on any atom is -0.450 e. The topological polar surface area (TPSA) is 97.6 Å². The van der Waals surface area contributed by atoms with Crippen molar-refractivity contribution in [3.8, 4) is 0 Å². The molecule has 0 radical (unpaired) electrons. The van der Waals surface area contributed by atoms with Crippen LogP contribution in [0.4, 0.5) is 5.00 Å². The van der Waals surface area contributed by atoms with Gasteiger partial charge >= 0.3 is 0 Å². The third-order valence-electron chi connectivity index (χ3n) is 6.53. The fourth-order valence-corrected chi connectivity index (χ4v) is 5.84. The Labute approximate surface area is 195 Å². The van der Waals surface area contributed by atoms with Crippen LogP contribution in [0.5, 0.6) is 0 Å². The van der Waals surface area contributed by atoms with Crippen molar-refractivity contribution in [2.24, 2.45) is 0 Å². The van der Waals surface area contributed by atoms with Gasteiger partial charge in [0.15, 0.2) is 11.2 Å². The molecule has 2 N–H and O–H groups in total. The minimum absolute atomic E-state index is 0.0391. The number of nitrogens with one attached hydrogen (secondary N) is 2. The largest absolute Gasteiger partial charge is 0.450 e. The zero-order chi connectivity index (χ0) is 23.1. The maximum Gasteiger partial charge on any atom is 0.292 e. The Kier molecular flexibility index (Phi) is 5.80. The first-order valence-electron chi connectivity index (χ1n) is 11.3. The second-order valence-corrected chi connectivity index (χ2v) is 9.82. The predicted octanol–water partition coefficient (Wildman–Crippen LogP) is 4.12. The average Bonchev–Trinajstić information content (AvgIpc) is 3.52. The van der Waals surface area contributed by atoms with Crippen LogP contribution in [0.2, 0.25) is 0 Å². The van der Waals surface area contributed by atoms with E-state index >= 15 is 0 Å². The van der Waals surface area contributed by atoms with Crippen molar-refractivity contribution < 1.29 is 18.7 Å². The van der Waals surface area contributed by atoms with E-state index in [2.05, 4.69) is 10.6 Å². The summed E-state index contributed by atoms with van der Waals surface area (Å²) in [4.78, 5) is 39.9. The summed E-state index contributed by atoms with van der Waals surface area (Å²) in [7, 11) is 0. The van der Waals surface area contributed by atoms with Crippen LogP contribution in [0.15, 0.2) is 27.4 Å². The van der Waals surface area contributed by atoms with Gasteiger partial charge in [-0.1, -0.05) is 6.07 Å². The van der Waals surface area contributed by atoms with Gasteiger partial charge in [-0.05, 0) is 68.7 Å². The zero-order valence-electron chi connectivity index (χ0n) is 18.7. The van der Waals surface area contributed by atoms with Gasteiger partial charge in [-0.2, -0.15) is 0 Å². The van der Waals surface area contributed by atoms with Crippen LogP contribution in [-0.4, -0.2) is 31.1 Å². The van der Waals surface area contributed by atoms with Crippen molar-refractivity contribution in [2.45, 2.75) is 52.1 Å². The van der Waals surface area contributed by atoms with Gasteiger partial charge in [0.05, 0.1) is 17.1 Å². The molecule has 8 heteroatoms. The molecule has 1 fully saturated rings. The lowest BCUT2D eigenvalue weighted by Gasteiger charge is -2.13. The number of fused-ring (bicyclic) bond motifs is 2. The molecule has 0 bridgehead atoms. The van der Waals surface area contributed by atoms with Crippen LogP contribution in [-0.2, 0) is 17.6 Å². The number of rotatable bonds is 5. The molecule has 1 atom stereocenters. The van der Waals surface area contributed by atoms with Gasteiger partial charge in [0.25, 0.3) is 11.8 Å². The normalized spacial score (nSPS) is 17.3. The van der Waals surface area contributed by atoms with Crippen molar-refractivity contribution in [2.75, 3.05) is 18.5 Å². The van der Waals surface area contributed by atoms with Crippen molar-refractivity contribution in [3.05, 3.63) is 61.3 Å². The molecule has 2 aliphatic rings. The van der Waals surface area contributed by atoms with Crippen molar-refractivity contribution in [3.63, 3.8) is 0 Å². The van der Waals surface area contributed by atoms with Crippen LogP contribution in [0.1, 0.15) is 61.7 Å². The number of carbonyl (C=O) groups is 2. The summed E-state index contributed by atoms with van der Waals surface area (Å²) in [6.07, 6.45) is 4.69. The lowest BCUT2D eigenvalue weighted by Crippen LogP contribution is -2.32. The lowest BCUT2D eigenvalue weighted by molar-refractivity contribution is 0.0858. The molecule has 1 aromatic carbocycles. The van der Waals surface area contributed by atoms with Gasteiger partial charge in [-0.15, -0.1) is 11.3 Å². The highest BCUT2D eigenvalue weighted by molar-refractivity contribution is 7.17. The van der Waals surface area contributed by atoms with E-state index < -0.39 is 5.91 Å². The van der Waals surface area contributed by atoms with Gasteiger partial charge in [0, 0.05) is 24.1 Å². The van der Waals surface area contributed by atoms with Crippen molar-refractivity contribution in [1.29, 1.82) is 0 Å². The zero-order valence-corrected chi connectivity index (χ0v) is 19.5. The first-order chi connectivity index (χ1) is 15.9. The summed E-state index contributed by atoms with van der Waals surface area (Å²) in [5.74, 6) is -0.810. The number of ether oxygens (including phenoxy) is 1. The molecule has 172 valence electrons. The Balaban J connectivity index is 1.43. The van der Waals surface area contributed by atoms with Crippen LogP contribution >= 0.6 is 11.3 Å². The SMILES string of the molecule is Cc1ccc2c(=O)cc(C(=O)Nc3sc4c(c3C(=O)NC[C@H]3CCCO3)CCC4)oc2c1C. The van der Waals surface area contributed by atoms with Crippen molar-refractivity contribution in [1.82, 2.24) is 5.32 Å². The Morgan fingerprint density at radius 3 is 2.79 bits per heavy atom. The number of benzene rings is 1. The van der Waals surface area contributed by atoms with E-state index in [0.717, 1.165) is 60.3 Å².